The molecule has 0 N–H and O–H groups in total. The molecule has 4 rings (SSSR count). The number of nitrogens with zero attached hydrogens (tertiary/aromatic N) is 3. The van der Waals surface area contributed by atoms with Gasteiger partial charge in [0.05, 0.1) is 12.5 Å². The normalized spacial score (nSPS) is 16.6. The van der Waals surface area contributed by atoms with E-state index in [9.17, 15) is 4.79 Å². The Morgan fingerprint density at radius 2 is 1.69 bits per heavy atom. The zero-order valence-corrected chi connectivity index (χ0v) is 16.6. The van der Waals surface area contributed by atoms with Crippen molar-refractivity contribution in [1.82, 2.24) is 14.9 Å². The van der Waals surface area contributed by atoms with Crippen molar-refractivity contribution in [2.45, 2.75) is 31.8 Å². The molecule has 1 aliphatic heterocycles. The minimum absolute atomic E-state index is 0.0609. The highest BCUT2D eigenvalue weighted by molar-refractivity contribution is 5.87. The van der Waals surface area contributed by atoms with Gasteiger partial charge < -0.3 is 9.64 Å². The van der Waals surface area contributed by atoms with E-state index in [4.69, 9.17) is 4.74 Å². The Balaban J connectivity index is 1.54. The van der Waals surface area contributed by atoms with Crippen molar-refractivity contribution in [1.29, 1.82) is 0 Å². The molecule has 2 aromatic carbocycles. The number of carbonyl (C=O) groups is 1. The van der Waals surface area contributed by atoms with Gasteiger partial charge in [0.2, 0.25) is 11.8 Å². The van der Waals surface area contributed by atoms with Crippen LogP contribution in [-0.4, -0.2) is 40.0 Å². The predicted molar refractivity (Wildman–Crippen MR) is 112 cm³/mol. The highest BCUT2D eigenvalue weighted by Gasteiger charge is 2.31. The van der Waals surface area contributed by atoms with Crippen molar-refractivity contribution < 1.29 is 9.53 Å². The summed E-state index contributed by atoms with van der Waals surface area (Å²) in [6.07, 6.45) is 3.46. The molecule has 0 aliphatic carbocycles. The number of aromatic nitrogens is 2. The van der Waals surface area contributed by atoms with Crippen molar-refractivity contribution in [3.63, 3.8) is 0 Å². The smallest absolute Gasteiger partial charge is 0.234 e. The topological polar surface area (TPSA) is 55.3 Å². The van der Waals surface area contributed by atoms with E-state index in [0.717, 1.165) is 30.5 Å². The Kier molecular flexibility index (Phi) is 5.84. The number of rotatable bonds is 5. The Bertz CT molecular complexity index is 907. The van der Waals surface area contributed by atoms with E-state index in [-0.39, 0.29) is 17.9 Å². The van der Waals surface area contributed by atoms with Gasteiger partial charge in [-0.05, 0) is 30.9 Å². The maximum atomic E-state index is 13.6. The lowest BCUT2D eigenvalue weighted by atomic mass is 9.89. The van der Waals surface area contributed by atoms with Gasteiger partial charge in [-0.25, -0.2) is 4.98 Å². The van der Waals surface area contributed by atoms with Crippen molar-refractivity contribution >= 4 is 5.91 Å². The molecule has 0 unspecified atom stereocenters. The van der Waals surface area contributed by atoms with E-state index in [1.165, 1.54) is 0 Å². The molecule has 0 radical (unpaired) electrons. The minimum Gasteiger partial charge on any atom is -0.472 e. The maximum absolute atomic E-state index is 13.6. The second-order valence-corrected chi connectivity index (χ2v) is 7.36. The average Bonchev–Trinajstić information content (AvgIpc) is 2.76. The predicted octanol–water partition coefficient (Wildman–Crippen LogP) is 3.99. The monoisotopic (exact) mass is 387 g/mol. The molecule has 5 nitrogen and oxygen atoms in total. The van der Waals surface area contributed by atoms with Gasteiger partial charge in [-0.3, -0.25) is 4.79 Å². The molecule has 3 aromatic rings. The fraction of sp³-hybridized carbons (Fsp3) is 0.292. The first-order valence-electron chi connectivity index (χ1n) is 10.1. The van der Waals surface area contributed by atoms with Crippen LogP contribution in [0.5, 0.6) is 5.88 Å². The molecule has 1 aromatic heterocycles. The van der Waals surface area contributed by atoms with Gasteiger partial charge in [0.25, 0.3) is 0 Å². The molecule has 1 fully saturated rings. The third-order valence-electron chi connectivity index (χ3n) is 5.24. The van der Waals surface area contributed by atoms with Crippen LogP contribution in [-0.2, 0) is 4.79 Å². The molecule has 1 amide bonds. The van der Waals surface area contributed by atoms with E-state index in [2.05, 4.69) is 9.97 Å². The van der Waals surface area contributed by atoms with Crippen molar-refractivity contribution in [3.8, 4) is 5.88 Å². The number of piperidine rings is 1. The summed E-state index contributed by atoms with van der Waals surface area (Å²) in [5, 5.41) is 0. The van der Waals surface area contributed by atoms with Crippen LogP contribution >= 0.6 is 0 Å². The number of hydrogen-bond acceptors (Lipinski definition) is 4. The number of carbonyl (C=O) groups excluding carboxylic acids is 1. The van der Waals surface area contributed by atoms with E-state index < -0.39 is 0 Å². The summed E-state index contributed by atoms with van der Waals surface area (Å²) in [7, 11) is 0. The number of amides is 1. The fourth-order valence-corrected chi connectivity index (χ4v) is 3.86. The Hall–Kier alpha value is -3.21. The zero-order valence-electron chi connectivity index (χ0n) is 16.6. The SMILES string of the molecule is Cc1nccc(O[C@H]2CCCN(C(=O)C(c3ccccc3)c3ccccc3)C2)n1. The highest BCUT2D eigenvalue weighted by Crippen LogP contribution is 2.28. The summed E-state index contributed by atoms with van der Waals surface area (Å²) in [5.74, 6) is 1.06. The molecule has 148 valence electrons. The van der Waals surface area contributed by atoms with Crippen molar-refractivity contribution in [2.24, 2.45) is 0 Å². The minimum atomic E-state index is -0.308. The lowest BCUT2D eigenvalue weighted by molar-refractivity contribution is -0.134. The van der Waals surface area contributed by atoms with Gasteiger partial charge in [-0.2, -0.15) is 4.98 Å². The van der Waals surface area contributed by atoms with Gasteiger partial charge in [-0.15, -0.1) is 0 Å². The number of hydrogen-bond donors (Lipinski definition) is 0. The summed E-state index contributed by atoms with van der Waals surface area (Å²) in [5.41, 5.74) is 2.02. The third kappa shape index (κ3) is 4.62. The van der Waals surface area contributed by atoms with Gasteiger partial charge >= 0.3 is 0 Å². The van der Waals surface area contributed by atoms with Crippen LogP contribution in [0.15, 0.2) is 72.9 Å². The molecule has 29 heavy (non-hydrogen) atoms. The Morgan fingerprint density at radius 3 is 2.31 bits per heavy atom. The maximum Gasteiger partial charge on any atom is 0.234 e. The Morgan fingerprint density at radius 1 is 1.03 bits per heavy atom. The fourth-order valence-electron chi connectivity index (χ4n) is 3.86. The second kappa shape index (κ2) is 8.86. The zero-order chi connectivity index (χ0) is 20.1. The molecule has 0 saturated carbocycles. The molecule has 0 spiro atoms. The summed E-state index contributed by atoms with van der Waals surface area (Å²) in [6.45, 7) is 3.16. The molecular weight excluding hydrogens is 362 g/mol. The van der Waals surface area contributed by atoms with E-state index in [0.29, 0.717) is 18.2 Å². The summed E-state index contributed by atoms with van der Waals surface area (Å²) in [4.78, 5) is 24.0. The lowest BCUT2D eigenvalue weighted by Gasteiger charge is -2.35. The lowest BCUT2D eigenvalue weighted by Crippen LogP contribution is -2.46. The van der Waals surface area contributed by atoms with Gasteiger partial charge in [0.15, 0.2) is 0 Å². The first kappa shape index (κ1) is 19.1. The molecule has 1 atom stereocenters. The van der Waals surface area contributed by atoms with Gasteiger partial charge in [0.1, 0.15) is 11.9 Å². The largest absolute Gasteiger partial charge is 0.472 e. The third-order valence-corrected chi connectivity index (χ3v) is 5.24. The average molecular weight is 387 g/mol. The van der Waals surface area contributed by atoms with Crippen LogP contribution in [0.25, 0.3) is 0 Å². The van der Waals surface area contributed by atoms with Gasteiger partial charge in [-0.1, -0.05) is 60.7 Å². The molecule has 5 heteroatoms. The number of ether oxygens (including phenoxy) is 1. The summed E-state index contributed by atoms with van der Waals surface area (Å²) < 4.78 is 6.06. The molecule has 1 aliphatic rings. The molecular formula is C24H25N3O2. The van der Waals surface area contributed by atoms with Crippen molar-refractivity contribution in [2.75, 3.05) is 13.1 Å². The number of aryl methyl sites for hydroxylation is 1. The van der Waals surface area contributed by atoms with E-state index in [1.807, 2.05) is 72.5 Å². The molecule has 1 saturated heterocycles. The van der Waals surface area contributed by atoms with Crippen LogP contribution in [0.4, 0.5) is 0 Å². The standard InChI is InChI=1S/C24H25N3O2/c1-18-25-15-14-22(26-18)29-21-13-8-16-27(17-21)24(28)23(19-9-4-2-5-10-19)20-11-6-3-7-12-20/h2-7,9-12,14-15,21,23H,8,13,16-17H2,1H3/t21-/m0/s1. The van der Waals surface area contributed by atoms with Crippen molar-refractivity contribution in [3.05, 3.63) is 89.9 Å². The second-order valence-electron chi connectivity index (χ2n) is 7.36. The molecule has 0 bridgehead atoms. The van der Waals surface area contributed by atoms with Crippen LogP contribution in [0.2, 0.25) is 0 Å². The number of benzene rings is 2. The van der Waals surface area contributed by atoms with Gasteiger partial charge in [0, 0.05) is 18.8 Å². The number of likely N-dealkylation sites (tertiary alicyclic amines) is 1. The highest BCUT2D eigenvalue weighted by atomic mass is 16.5. The first-order valence-corrected chi connectivity index (χ1v) is 10.1. The van der Waals surface area contributed by atoms with E-state index in [1.54, 1.807) is 12.3 Å². The first-order chi connectivity index (χ1) is 14.2. The van der Waals surface area contributed by atoms with Crippen LogP contribution in [0, 0.1) is 6.92 Å². The summed E-state index contributed by atoms with van der Waals surface area (Å²) in [6, 6.07) is 21.8. The Labute approximate surface area is 171 Å². The van der Waals surface area contributed by atoms with Crippen LogP contribution < -0.4 is 4.74 Å². The van der Waals surface area contributed by atoms with Crippen LogP contribution in [0.3, 0.4) is 0 Å². The van der Waals surface area contributed by atoms with Crippen LogP contribution in [0.1, 0.15) is 35.7 Å². The van der Waals surface area contributed by atoms with E-state index >= 15 is 0 Å². The quantitative estimate of drug-likeness (QED) is 0.664. The summed E-state index contributed by atoms with van der Waals surface area (Å²) >= 11 is 0. The molecule has 2 heterocycles.